The van der Waals surface area contributed by atoms with Gasteiger partial charge in [0.2, 0.25) is 0 Å². The van der Waals surface area contributed by atoms with E-state index in [1.807, 2.05) is 0 Å². The number of aliphatic hydroxyl groups is 1. The number of phosphoric acid groups is 2. The van der Waals surface area contributed by atoms with Crippen LogP contribution in [0, 0.1) is 23.7 Å². The third-order valence-corrected chi connectivity index (χ3v) is 16.3. The molecule has 19 heteroatoms. The van der Waals surface area contributed by atoms with E-state index in [4.69, 9.17) is 37.0 Å². The van der Waals surface area contributed by atoms with Gasteiger partial charge in [0.15, 0.2) is 12.2 Å². The molecule has 0 aromatic carbocycles. The van der Waals surface area contributed by atoms with Crippen LogP contribution in [0.1, 0.15) is 293 Å². The summed E-state index contributed by atoms with van der Waals surface area (Å²) >= 11 is 0. The smallest absolute Gasteiger partial charge is 0.462 e. The van der Waals surface area contributed by atoms with Crippen molar-refractivity contribution in [3.8, 4) is 0 Å². The van der Waals surface area contributed by atoms with Crippen molar-refractivity contribution in [2.75, 3.05) is 39.6 Å². The zero-order valence-corrected chi connectivity index (χ0v) is 54.2. The van der Waals surface area contributed by atoms with Crippen molar-refractivity contribution < 1.29 is 80.2 Å². The number of rotatable bonds is 59. The van der Waals surface area contributed by atoms with E-state index in [1.165, 1.54) is 89.9 Å². The lowest BCUT2D eigenvalue weighted by Crippen LogP contribution is -2.30. The number of hydrogen-bond donors (Lipinski definition) is 3. The van der Waals surface area contributed by atoms with Gasteiger partial charge in [-0.15, -0.1) is 0 Å². The third-order valence-electron chi connectivity index (χ3n) is 14.4. The van der Waals surface area contributed by atoms with Crippen LogP contribution < -0.4 is 0 Å². The molecule has 0 saturated carbocycles. The summed E-state index contributed by atoms with van der Waals surface area (Å²) < 4.78 is 67.8. The molecule has 0 spiro atoms. The average molecular weight is 1200 g/mol. The SMILES string of the molecule is CCC(C)CCCCCCCCCCC(=O)OC[C@H](COP(=O)(O)OC[C@@H](O)COP(=O)(O)OC[C@@H](COC(=O)CCCCCCCCC(C)C)OC(=O)CCCCCCCCC(C)C)OC(=O)CCCCCCCCCCC(C)C. The lowest BCUT2D eigenvalue weighted by Gasteiger charge is -2.21. The molecule has 0 aliphatic rings. The summed E-state index contributed by atoms with van der Waals surface area (Å²) in [5.74, 6) is 0.696. The number of carbonyl (C=O) groups is 4. The number of carbonyl (C=O) groups excluding carboxylic acids is 4. The number of ether oxygens (including phenoxy) is 4. The second kappa shape index (κ2) is 52.4. The summed E-state index contributed by atoms with van der Waals surface area (Å²) in [7, 11) is -9.88. The number of esters is 4. The Labute approximate surface area is 492 Å². The molecular formula is C62H120O17P2. The fraction of sp³-hybridized carbons (Fsp3) is 0.935. The molecule has 0 aromatic heterocycles. The second-order valence-corrected chi connectivity index (χ2v) is 27.0. The number of phosphoric ester groups is 2. The zero-order chi connectivity index (χ0) is 60.4. The maximum atomic E-state index is 13.0. The van der Waals surface area contributed by atoms with Gasteiger partial charge in [-0.2, -0.15) is 0 Å². The molecule has 0 saturated heterocycles. The quantitative estimate of drug-likeness (QED) is 0.0222. The van der Waals surface area contributed by atoms with Gasteiger partial charge in [0.1, 0.15) is 19.3 Å². The zero-order valence-electron chi connectivity index (χ0n) is 52.4. The summed E-state index contributed by atoms with van der Waals surface area (Å²) in [5, 5.41) is 10.5. The van der Waals surface area contributed by atoms with E-state index < -0.39 is 97.5 Å². The van der Waals surface area contributed by atoms with E-state index >= 15 is 0 Å². The van der Waals surface area contributed by atoms with Crippen molar-refractivity contribution in [3.63, 3.8) is 0 Å². The highest BCUT2D eigenvalue weighted by Crippen LogP contribution is 2.45. The fourth-order valence-corrected chi connectivity index (χ4v) is 10.6. The van der Waals surface area contributed by atoms with E-state index in [-0.39, 0.29) is 25.7 Å². The molecular weight excluding hydrogens is 1080 g/mol. The molecule has 3 unspecified atom stereocenters. The van der Waals surface area contributed by atoms with E-state index in [9.17, 15) is 43.2 Å². The predicted octanol–water partition coefficient (Wildman–Crippen LogP) is 16.6. The molecule has 6 atom stereocenters. The van der Waals surface area contributed by atoms with E-state index in [0.29, 0.717) is 37.5 Å². The maximum Gasteiger partial charge on any atom is 0.472 e. The van der Waals surface area contributed by atoms with Crippen LogP contribution in [0.3, 0.4) is 0 Å². The third kappa shape index (κ3) is 55.7. The Morgan fingerprint density at radius 2 is 0.593 bits per heavy atom. The molecule has 17 nitrogen and oxygen atoms in total. The maximum absolute atomic E-state index is 13.0. The van der Waals surface area contributed by atoms with Gasteiger partial charge in [0.25, 0.3) is 0 Å². The molecule has 0 aliphatic carbocycles. The van der Waals surface area contributed by atoms with Gasteiger partial charge < -0.3 is 33.8 Å². The average Bonchev–Trinajstić information content (AvgIpc) is 3.41. The first-order valence-electron chi connectivity index (χ1n) is 32.2. The molecule has 0 aromatic rings. The molecule has 480 valence electrons. The minimum Gasteiger partial charge on any atom is -0.462 e. The van der Waals surface area contributed by atoms with Crippen molar-refractivity contribution in [1.29, 1.82) is 0 Å². The molecule has 0 heterocycles. The highest BCUT2D eigenvalue weighted by molar-refractivity contribution is 7.47. The van der Waals surface area contributed by atoms with Gasteiger partial charge in [-0.1, -0.05) is 242 Å². The summed E-state index contributed by atoms with van der Waals surface area (Å²) in [5.41, 5.74) is 0. The molecule has 0 bridgehead atoms. The van der Waals surface area contributed by atoms with Crippen LogP contribution in [0.5, 0.6) is 0 Å². The van der Waals surface area contributed by atoms with Crippen LogP contribution >= 0.6 is 15.6 Å². The molecule has 3 N–H and O–H groups in total. The van der Waals surface area contributed by atoms with Crippen LogP contribution in [0.25, 0.3) is 0 Å². The van der Waals surface area contributed by atoms with Gasteiger partial charge in [0, 0.05) is 25.7 Å². The van der Waals surface area contributed by atoms with Crippen molar-refractivity contribution in [2.45, 2.75) is 311 Å². The lowest BCUT2D eigenvalue weighted by molar-refractivity contribution is -0.161. The summed E-state index contributed by atoms with van der Waals surface area (Å²) in [6.07, 6.45) is 31.0. The molecule has 0 radical (unpaired) electrons. The van der Waals surface area contributed by atoms with E-state index in [1.54, 1.807) is 0 Å². The van der Waals surface area contributed by atoms with Crippen LogP contribution in [0.15, 0.2) is 0 Å². The standard InChI is InChI=1S/C62H120O17P2/c1-9-55(8)41-33-25-15-11-13-16-26-34-42-59(64)72-48-57(78-61(66)44-36-28-17-12-10-14-22-30-38-52(2)3)50-76-80(68,69)74-46-56(63)47-75-81(70,71)77-51-58(79-62(67)45-37-29-21-19-24-32-40-54(6)7)49-73-60(65)43-35-27-20-18-23-31-39-53(4)5/h52-58,63H,9-51H2,1-8H3,(H,68,69)(H,70,71)/t55?,56-,57-,58-/m1/s1. The first kappa shape index (κ1) is 79.1. The van der Waals surface area contributed by atoms with Gasteiger partial charge in [0.05, 0.1) is 26.4 Å². The molecule has 0 amide bonds. The van der Waals surface area contributed by atoms with Crippen molar-refractivity contribution in [2.24, 2.45) is 23.7 Å². The molecule has 0 rings (SSSR count). The summed E-state index contributed by atoms with van der Waals surface area (Å²) in [6, 6.07) is 0. The topological polar surface area (TPSA) is 237 Å². The van der Waals surface area contributed by atoms with E-state index in [2.05, 4.69) is 55.4 Å². The van der Waals surface area contributed by atoms with Crippen LogP contribution in [-0.4, -0.2) is 96.7 Å². The normalized spacial score (nSPS) is 14.8. The number of unbranched alkanes of at least 4 members (excludes halogenated alkanes) is 24. The predicted molar refractivity (Wildman–Crippen MR) is 321 cm³/mol. The number of aliphatic hydroxyl groups excluding tert-OH is 1. The highest BCUT2D eigenvalue weighted by atomic mass is 31.2. The van der Waals surface area contributed by atoms with Gasteiger partial charge >= 0.3 is 39.5 Å². The second-order valence-electron chi connectivity index (χ2n) is 24.1. The monoisotopic (exact) mass is 1200 g/mol. The summed E-state index contributed by atoms with van der Waals surface area (Å²) in [6.45, 7) is 13.9. The van der Waals surface area contributed by atoms with Crippen LogP contribution in [0.2, 0.25) is 0 Å². The van der Waals surface area contributed by atoms with Crippen molar-refractivity contribution in [1.82, 2.24) is 0 Å². The molecule has 0 fully saturated rings. The Hall–Kier alpha value is -1.94. The Morgan fingerprint density at radius 3 is 0.877 bits per heavy atom. The fourth-order valence-electron chi connectivity index (χ4n) is 9.04. The summed E-state index contributed by atoms with van der Waals surface area (Å²) in [4.78, 5) is 72.0. The first-order valence-corrected chi connectivity index (χ1v) is 35.2. The Bertz CT molecular complexity index is 1630. The van der Waals surface area contributed by atoms with Crippen molar-refractivity contribution >= 4 is 39.5 Å². The lowest BCUT2D eigenvalue weighted by atomic mass is 9.99. The molecule has 0 aliphatic heterocycles. The highest BCUT2D eigenvalue weighted by Gasteiger charge is 2.30. The van der Waals surface area contributed by atoms with Gasteiger partial charge in [-0.25, -0.2) is 9.13 Å². The van der Waals surface area contributed by atoms with Crippen LogP contribution in [0.4, 0.5) is 0 Å². The van der Waals surface area contributed by atoms with E-state index in [0.717, 1.165) is 108 Å². The first-order chi connectivity index (χ1) is 38.6. The van der Waals surface area contributed by atoms with Crippen LogP contribution in [-0.2, 0) is 65.4 Å². The Morgan fingerprint density at radius 1 is 0.346 bits per heavy atom. The Kier molecular flexibility index (Phi) is 51.1. The van der Waals surface area contributed by atoms with Crippen molar-refractivity contribution in [3.05, 3.63) is 0 Å². The minimum absolute atomic E-state index is 0.100. The minimum atomic E-state index is -4.94. The van der Waals surface area contributed by atoms with Gasteiger partial charge in [-0.3, -0.25) is 37.3 Å². The number of hydrogen-bond acceptors (Lipinski definition) is 15. The Balaban J connectivity index is 5.25. The molecule has 81 heavy (non-hydrogen) atoms. The van der Waals surface area contributed by atoms with Gasteiger partial charge in [-0.05, 0) is 49.4 Å². The largest absolute Gasteiger partial charge is 0.472 e.